The van der Waals surface area contributed by atoms with Crippen molar-refractivity contribution in [3.8, 4) is 28.7 Å². The Balaban J connectivity index is 1.24. The molecule has 6 aromatic carbocycles. The van der Waals surface area contributed by atoms with E-state index in [4.69, 9.17) is 23.7 Å². The summed E-state index contributed by atoms with van der Waals surface area (Å²) < 4.78 is 86.8. The van der Waals surface area contributed by atoms with Gasteiger partial charge in [0.2, 0.25) is 11.8 Å². The molecule has 6 aromatic rings. The van der Waals surface area contributed by atoms with Gasteiger partial charge in [0.05, 0.1) is 49.6 Å². The number of amides is 2. The van der Waals surface area contributed by atoms with E-state index >= 15 is 0 Å². The molecule has 0 aliphatic heterocycles. The van der Waals surface area contributed by atoms with Gasteiger partial charge in [-0.25, -0.2) is 16.8 Å². The van der Waals surface area contributed by atoms with E-state index in [9.17, 15) is 26.4 Å². The molecule has 0 radical (unpaired) electrons. The molecule has 17 heteroatoms. The second-order valence-corrected chi connectivity index (χ2v) is 17.5. The van der Waals surface area contributed by atoms with Crippen LogP contribution in [0, 0.1) is 6.92 Å². The van der Waals surface area contributed by atoms with Crippen LogP contribution in [0.3, 0.4) is 0 Å². The highest BCUT2D eigenvalue weighted by atomic mass is 32.2. The summed E-state index contributed by atoms with van der Waals surface area (Å²) in [6.07, 6.45) is 0. The molecule has 0 fully saturated rings. The zero-order valence-electron chi connectivity index (χ0n) is 35.1. The van der Waals surface area contributed by atoms with Crippen molar-refractivity contribution >= 4 is 54.6 Å². The summed E-state index contributed by atoms with van der Waals surface area (Å²) in [5, 5.41) is 5.56. The van der Waals surface area contributed by atoms with Crippen LogP contribution in [-0.4, -0.2) is 70.2 Å². The monoisotopic (exact) mass is 894 g/mol. The number of aryl methyl sites for hydroxylation is 1. The minimum Gasteiger partial charge on any atom is -0.497 e. The Morgan fingerprint density at radius 3 is 1.65 bits per heavy atom. The summed E-state index contributed by atoms with van der Waals surface area (Å²) in [4.78, 5) is 27.1. The summed E-state index contributed by atoms with van der Waals surface area (Å²) in [5.41, 5.74) is 2.23. The topological polar surface area (TPSA) is 179 Å². The van der Waals surface area contributed by atoms with E-state index in [0.29, 0.717) is 28.4 Å². The highest BCUT2D eigenvalue weighted by Crippen LogP contribution is 2.39. The first-order valence-electron chi connectivity index (χ1n) is 19.3. The molecule has 2 amide bonds. The number of carbonyl (C=O) groups is 2. The van der Waals surface area contributed by atoms with Crippen LogP contribution in [0.25, 0.3) is 0 Å². The van der Waals surface area contributed by atoms with E-state index < -0.39 is 45.0 Å². The average Bonchev–Trinajstić information content (AvgIpc) is 3.30. The SMILES string of the molecule is COc1ccc(OC)c(N(CC(=O)Nc2cccc(OCc3cc(OC)c(N(CC(=O)Nc4ccccc4C)S(=O)(=O)c4ccccc4)cc3OC)c2)S(=O)(=O)c2ccccc2)c1. The van der Waals surface area contributed by atoms with E-state index in [-0.39, 0.29) is 45.0 Å². The highest BCUT2D eigenvalue weighted by molar-refractivity contribution is 7.93. The zero-order valence-corrected chi connectivity index (χ0v) is 36.7. The van der Waals surface area contributed by atoms with Gasteiger partial charge in [0.25, 0.3) is 20.0 Å². The van der Waals surface area contributed by atoms with Gasteiger partial charge >= 0.3 is 0 Å². The molecule has 0 heterocycles. The van der Waals surface area contributed by atoms with Crippen LogP contribution in [0.5, 0.6) is 28.7 Å². The summed E-state index contributed by atoms with van der Waals surface area (Å²) in [6, 6.07) is 36.7. The Morgan fingerprint density at radius 2 is 1.08 bits per heavy atom. The summed E-state index contributed by atoms with van der Waals surface area (Å²) in [6.45, 7) is 0.505. The fourth-order valence-corrected chi connectivity index (χ4v) is 9.36. The number of hydrogen-bond donors (Lipinski definition) is 2. The van der Waals surface area contributed by atoms with E-state index in [1.165, 1.54) is 64.8 Å². The van der Waals surface area contributed by atoms with Crippen molar-refractivity contribution in [2.24, 2.45) is 0 Å². The van der Waals surface area contributed by atoms with Crippen molar-refractivity contribution in [3.63, 3.8) is 0 Å². The van der Waals surface area contributed by atoms with Crippen molar-refractivity contribution < 1.29 is 50.1 Å². The molecule has 0 aromatic heterocycles. The number of para-hydroxylation sites is 1. The van der Waals surface area contributed by atoms with Crippen molar-refractivity contribution in [1.82, 2.24) is 0 Å². The van der Waals surface area contributed by atoms with Gasteiger partial charge in [-0.2, -0.15) is 0 Å². The van der Waals surface area contributed by atoms with E-state index in [1.807, 2.05) is 19.1 Å². The van der Waals surface area contributed by atoms with Gasteiger partial charge in [0.1, 0.15) is 48.4 Å². The van der Waals surface area contributed by atoms with Gasteiger partial charge in [0, 0.05) is 35.1 Å². The van der Waals surface area contributed by atoms with Crippen LogP contribution >= 0.6 is 0 Å². The third kappa shape index (κ3) is 10.6. The standard InChI is InChI=1S/C46H46N4O11S2/c1-32-15-12-13-22-39(32)48-46(52)30-50(63(55,56)38-20-10-7-11-21-38)41-28-43(59-4)33(25-44(41)60-5)31-61-36-17-14-16-34(26-36)47-45(51)29-49(62(53,54)37-18-8-6-9-19-37)40-27-35(57-2)23-24-42(40)58-3/h6-28H,29-31H2,1-5H3,(H,47,51)(H,48,52). The average molecular weight is 895 g/mol. The fraction of sp³-hybridized carbons (Fsp3) is 0.174. The van der Waals surface area contributed by atoms with Gasteiger partial charge < -0.3 is 34.3 Å². The number of ether oxygens (including phenoxy) is 5. The molecule has 0 atom stereocenters. The van der Waals surface area contributed by atoms with Crippen LogP contribution in [0.15, 0.2) is 149 Å². The first-order valence-corrected chi connectivity index (χ1v) is 22.2. The Kier molecular flexibility index (Phi) is 14.4. The number of benzene rings is 6. The summed E-state index contributed by atoms with van der Waals surface area (Å²) >= 11 is 0. The van der Waals surface area contributed by atoms with Crippen molar-refractivity contribution in [2.75, 3.05) is 60.8 Å². The number of nitrogens with zero attached hydrogens (tertiary/aromatic N) is 2. The molecular weight excluding hydrogens is 849 g/mol. The van der Waals surface area contributed by atoms with Crippen LogP contribution in [0.1, 0.15) is 11.1 Å². The first-order chi connectivity index (χ1) is 30.3. The summed E-state index contributed by atoms with van der Waals surface area (Å²) in [7, 11) is -2.98. The molecule has 15 nitrogen and oxygen atoms in total. The second kappa shape index (κ2) is 20.1. The van der Waals surface area contributed by atoms with E-state index in [0.717, 1.165) is 14.2 Å². The fourth-order valence-electron chi connectivity index (χ4n) is 6.47. The molecular formula is C46H46N4O11S2. The molecule has 0 aliphatic rings. The van der Waals surface area contributed by atoms with Gasteiger partial charge in [-0.3, -0.25) is 18.2 Å². The third-order valence-electron chi connectivity index (χ3n) is 9.67. The Labute approximate surface area is 366 Å². The van der Waals surface area contributed by atoms with Gasteiger partial charge in [-0.05, 0) is 73.2 Å². The van der Waals surface area contributed by atoms with E-state index in [1.54, 1.807) is 91.0 Å². The molecule has 2 N–H and O–H groups in total. The number of rotatable bonds is 19. The lowest BCUT2D eigenvalue weighted by Crippen LogP contribution is -2.38. The lowest BCUT2D eigenvalue weighted by atomic mass is 10.1. The van der Waals surface area contributed by atoms with Crippen LogP contribution in [0.2, 0.25) is 0 Å². The number of sulfonamides is 2. The third-order valence-corrected chi connectivity index (χ3v) is 13.2. The van der Waals surface area contributed by atoms with Crippen molar-refractivity contribution in [3.05, 3.63) is 151 Å². The Hall–Kier alpha value is -7.24. The van der Waals surface area contributed by atoms with Gasteiger partial charge in [0.15, 0.2) is 0 Å². The number of anilines is 4. The molecule has 6 rings (SSSR count). The lowest BCUT2D eigenvalue weighted by Gasteiger charge is -2.27. The second-order valence-electron chi connectivity index (χ2n) is 13.8. The smallest absolute Gasteiger partial charge is 0.264 e. The van der Waals surface area contributed by atoms with Gasteiger partial charge in [-0.1, -0.05) is 60.7 Å². The predicted molar refractivity (Wildman–Crippen MR) is 240 cm³/mol. The van der Waals surface area contributed by atoms with Crippen molar-refractivity contribution in [2.45, 2.75) is 23.3 Å². The maximum atomic E-state index is 14.2. The molecule has 0 saturated heterocycles. The molecule has 0 saturated carbocycles. The molecule has 63 heavy (non-hydrogen) atoms. The van der Waals surface area contributed by atoms with Gasteiger partial charge in [-0.15, -0.1) is 0 Å². The first kappa shape index (κ1) is 45.3. The molecule has 0 aliphatic carbocycles. The number of methoxy groups -OCH3 is 4. The molecule has 0 bridgehead atoms. The normalized spacial score (nSPS) is 11.2. The lowest BCUT2D eigenvalue weighted by molar-refractivity contribution is -0.115. The van der Waals surface area contributed by atoms with Crippen molar-refractivity contribution in [1.29, 1.82) is 0 Å². The van der Waals surface area contributed by atoms with Crippen LogP contribution < -0.4 is 42.9 Å². The Bertz CT molecular complexity index is 2790. The minimum atomic E-state index is -4.32. The number of hydrogen-bond acceptors (Lipinski definition) is 11. The maximum absolute atomic E-state index is 14.2. The summed E-state index contributed by atoms with van der Waals surface area (Å²) in [5.74, 6) is -0.0354. The van der Waals surface area contributed by atoms with Crippen LogP contribution in [-0.2, 0) is 36.2 Å². The minimum absolute atomic E-state index is 0.0349. The maximum Gasteiger partial charge on any atom is 0.264 e. The largest absolute Gasteiger partial charge is 0.497 e. The molecule has 0 unspecified atom stereocenters. The predicted octanol–water partition coefficient (Wildman–Crippen LogP) is 7.28. The highest BCUT2D eigenvalue weighted by Gasteiger charge is 2.32. The number of carbonyl (C=O) groups excluding carboxylic acids is 2. The Morgan fingerprint density at radius 1 is 0.524 bits per heavy atom. The quantitative estimate of drug-likeness (QED) is 0.0835. The zero-order chi connectivity index (χ0) is 45.1. The number of nitrogens with one attached hydrogen (secondary N) is 2. The molecule has 0 spiro atoms. The van der Waals surface area contributed by atoms with E-state index in [2.05, 4.69) is 10.6 Å². The van der Waals surface area contributed by atoms with Crippen LogP contribution in [0.4, 0.5) is 22.7 Å². The molecule has 328 valence electrons.